The molecule has 1 unspecified atom stereocenters. The van der Waals surface area contributed by atoms with Gasteiger partial charge in [0, 0.05) is 10.9 Å². The molecule has 0 bridgehead atoms. The summed E-state index contributed by atoms with van der Waals surface area (Å²) in [4.78, 5) is 11.7. The number of fused-ring (bicyclic) bond motifs is 1. The van der Waals surface area contributed by atoms with Crippen LogP contribution in [0.4, 0.5) is 0 Å². The summed E-state index contributed by atoms with van der Waals surface area (Å²) < 4.78 is 5.90. The van der Waals surface area contributed by atoms with Crippen LogP contribution >= 0.6 is 15.9 Å². The van der Waals surface area contributed by atoms with Gasteiger partial charge in [-0.2, -0.15) is 0 Å². The molecule has 4 heteroatoms. The Labute approximate surface area is 109 Å². The zero-order chi connectivity index (χ0) is 12.6. The summed E-state index contributed by atoms with van der Waals surface area (Å²) in [5.74, 6) is -0.317. The number of carbonyl (C=O) groups excluding carboxylic acids is 1. The molecule has 0 aliphatic heterocycles. The minimum atomic E-state index is -0.868. The SMILES string of the molecule is COC(=O)C1(N)CCc2c(Br)ccc(C)c2C1. The Balaban J connectivity index is 2.42. The van der Waals surface area contributed by atoms with Crippen LogP contribution in [-0.4, -0.2) is 18.6 Å². The molecule has 0 aromatic heterocycles. The van der Waals surface area contributed by atoms with E-state index in [1.165, 1.54) is 23.8 Å². The molecule has 0 heterocycles. The average molecular weight is 298 g/mol. The Hall–Kier alpha value is -0.870. The van der Waals surface area contributed by atoms with Gasteiger partial charge in [0.25, 0.3) is 0 Å². The third-order valence-corrected chi connectivity index (χ3v) is 4.26. The highest BCUT2D eigenvalue weighted by molar-refractivity contribution is 9.10. The summed E-state index contributed by atoms with van der Waals surface area (Å²) in [6.45, 7) is 2.05. The van der Waals surface area contributed by atoms with E-state index in [1.807, 2.05) is 13.0 Å². The highest BCUT2D eigenvalue weighted by Crippen LogP contribution is 2.34. The van der Waals surface area contributed by atoms with Gasteiger partial charge < -0.3 is 10.5 Å². The molecular formula is C13H16BrNO2. The third kappa shape index (κ3) is 2.11. The first-order valence-corrected chi connectivity index (χ1v) is 6.41. The van der Waals surface area contributed by atoms with Crippen LogP contribution in [0.5, 0.6) is 0 Å². The van der Waals surface area contributed by atoms with Crippen molar-refractivity contribution in [1.82, 2.24) is 0 Å². The fourth-order valence-corrected chi connectivity index (χ4v) is 3.00. The second-order valence-corrected chi connectivity index (χ2v) is 5.50. The zero-order valence-electron chi connectivity index (χ0n) is 10.0. The van der Waals surface area contributed by atoms with Crippen molar-refractivity contribution in [1.29, 1.82) is 0 Å². The molecule has 0 saturated carbocycles. The molecule has 1 aliphatic carbocycles. The summed E-state index contributed by atoms with van der Waals surface area (Å²) in [7, 11) is 1.39. The molecule has 0 fully saturated rings. The molecule has 1 aliphatic rings. The number of benzene rings is 1. The van der Waals surface area contributed by atoms with E-state index >= 15 is 0 Å². The van der Waals surface area contributed by atoms with Crippen molar-refractivity contribution in [3.8, 4) is 0 Å². The van der Waals surface area contributed by atoms with Gasteiger partial charge in [-0.15, -0.1) is 0 Å². The maximum Gasteiger partial charge on any atom is 0.326 e. The Kier molecular flexibility index (Phi) is 3.27. The molecule has 0 radical (unpaired) electrons. The van der Waals surface area contributed by atoms with Crippen molar-refractivity contribution in [2.75, 3.05) is 7.11 Å². The number of halogens is 1. The van der Waals surface area contributed by atoms with E-state index < -0.39 is 5.54 Å². The normalized spacial score (nSPS) is 23.1. The van der Waals surface area contributed by atoms with Crippen molar-refractivity contribution in [3.05, 3.63) is 33.3 Å². The second kappa shape index (κ2) is 4.42. The lowest BCUT2D eigenvalue weighted by molar-refractivity contribution is -0.147. The summed E-state index contributed by atoms with van der Waals surface area (Å²) in [5, 5.41) is 0. The Morgan fingerprint density at radius 3 is 2.82 bits per heavy atom. The number of ether oxygens (including phenoxy) is 1. The van der Waals surface area contributed by atoms with E-state index in [2.05, 4.69) is 22.0 Å². The van der Waals surface area contributed by atoms with Gasteiger partial charge in [0.05, 0.1) is 7.11 Å². The van der Waals surface area contributed by atoms with E-state index in [0.717, 1.165) is 10.9 Å². The summed E-state index contributed by atoms with van der Waals surface area (Å²) >= 11 is 3.55. The molecule has 1 atom stereocenters. The molecule has 92 valence electrons. The fraction of sp³-hybridized carbons (Fsp3) is 0.462. The van der Waals surface area contributed by atoms with Crippen LogP contribution in [0.25, 0.3) is 0 Å². The van der Waals surface area contributed by atoms with Crippen molar-refractivity contribution in [2.24, 2.45) is 5.73 Å². The number of carbonyl (C=O) groups is 1. The lowest BCUT2D eigenvalue weighted by Crippen LogP contribution is -2.53. The minimum absolute atomic E-state index is 0.317. The first-order valence-electron chi connectivity index (χ1n) is 5.62. The number of hydrogen-bond donors (Lipinski definition) is 1. The average Bonchev–Trinajstić information content (AvgIpc) is 2.33. The predicted molar refractivity (Wildman–Crippen MR) is 69.8 cm³/mol. The van der Waals surface area contributed by atoms with Crippen LogP contribution in [0, 0.1) is 6.92 Å². The molecule has 1 aromatic rings. The zero-order valence-corrected chi connectivity index (χ0v) is 11.6. The second-order valence-electron chi connectivity index (χ2n) is 4.65. The van der Waals surface area contributed by atoms with Gasteiger partial charge in [-0.25, -0.2) is 0 Å². The van der Waals surface area contributed by atoms with Gasteiger partial charge in [-0.05, 0) is 42.5 Å². The van der Waals surface area contributed by atoms with E-state index in [-0.39, 0.29) is 5.97 Å². The fourth-order valence-electron chi connectivity index (χ4n) is 2.43. The number of esters is 1. The van der Waals surface area contributed by atoms with E-state index in [4.69, 9.17) is 10.5 Å². The van der Waals surface area contributed by atoms with Crippen LogP contribution in [-0.2, 0) is 22.4 Å². The topological polar surface area (TPSA) is 52.3 Å². The van der Waals surface area contributed by atoms with E-state index in [1.54, 1.807) is 0 Å². The van der Waals surface area contributed by atoms with Crippen LogP contribution in [0.3, 0.4) is 0 Å². The van der Waals surface area contributed by atoms with Crippen molar-refractivity contribution >= 4 is 21.9 Å². The highest BCUT2D eigenvalue weighted by Gasteiger charge is 2.39. The smallest absolute Gasteiger partial charge is 0.326 e. The van der Waals surface area contributed by atoms with Gasteiger partial charge in [-0.1, -0.05) is 22.0 Å². The van der Waals surface area contributed by atoms with Gasteiger partial charge in [-0.3, -0.25) is 4.79 Å². The Morgan fingerprint density at radius 1 is 1.47 bits per heavy atom. The van der Waals surface area contributed by atoms with Crippen LogP contribution in [0.2, 0.25) is 0 Å². The molecule has 17 heavy (non-hydrogen) atoms. The maximum absolute atomic E-state index is 11.7. The predicted octanol–water partition coefficient (Wildman–Crippen LogP) is 2.12. The van der Waals surface area contributed by atoms with E-state index in [0.29, 0.717) is 12.8 Å². The van der Waals surface area contributed by atoms with Crippen molar-refractivity contribution < 1.29 is 9.53 Å². The summed E-state index contributed by atoms with van der Waals surface area (Å²) in [6, 6.07) is 4.10. The molecule has 3 nitrogen and oxygen atoms in total. The number of methoxy groups -OCH3 is 1. The largest absolute Gasteiger partial charge is 0.468 e. The van der Waals surface area contributed by atoms with Gasteiger partial charge in [0.1, 0.15) is 5.54 Å². The number of hydrogen-bond acceptors (Lipinski definition) is 3. The third-order valence-electron chi connectivity index (χ3n) is 3.51. The summed E-state index contributed by atoms with van der Waals surface area (Å²) in [5.41, 5.74) is 8.92. The Bertz CT molecular complexity index is 473. The highest BCUT2D eigenvalue weighted by atomic mass is 79.9. The van der Waals surface area contributed by atoms with Crippen LogP contribution < -0.4 is 5.73 Å². The lowest BCUT2D eigenvalue weighted by Gasteiger charge is -2.33. The van der Waals surface area contributed by atoms with Crippen LogP contribution in [0.15, 0.2) is 16.6 Å². The molecular weight excluding hydrogens is 282 g/mol. The van der Waals surface area contributed by atoms with Crippen LogP contribution in [0.1, 0.15) is 23.1 Å². The standard InChI is InChI=1S/C13H16BrNO2/c1-8-3-4-11(14)9-5-6-13(15,7-10(8)9)12(16)17-2/h3-4H,5-7,15H2,1-2H3. The monoisotopic (exact) mass is 297 g/mol. The first kappa shape index (κ1) is 12.6. The van der Waals surface area contributed by atoms with E-state index in [9.17, 15) is 4.79 Å². The number of aryl methyl sites for hydroxylation is 1. The van der Waals surface area contributed by atoms with Crippen molar-refractivity contribution in [2.45, 2.75) is 31.7 Å². The first-order chi connectivity index (χ1) is 7.98. The molecule has 2 rings (SSSR count). The molecule has 2 N–H and O–H groups in total. The lowest BCUT2D eigenvalue weighted by atomic mass is 9.77. The molecule has 1 aromatic carbocycles. The summed E-state index contributed by atoms with van der Waals surface area (Å²) in [6.07, 6.45) is 2.00. The van der Waals surface area contributed by atoms with Crippen molar-refractivity contribution in [3.63, 3.8) is 0 Å². The number of rotatable bonds is 1. The number of nitrogens with two attached hydrogens (primary N) is 1. The van der Waals surface area contributed by atoms with Gasteiger partial charge >= 0.3 is 5.97 Å². The Morgan fingerprint density at radius 2 is 2.18 bits per heavy atom. The molecule has 0 amide bonds. The quantitative estimate of drug-likeness (QED) is 0.808. The molecule has 0 spiro atoms. The minimum Gasteiger partial charge on any atom is -0.468 e. The molecule has 0 saturated heterocycles. The maximum atomic E-state index is 11.7. The van der Waals surface area contributed by atoms with Gasteiger partial charge in [0.15, 0.2) is 0 Å². The van der Waals surface area contributed by atoms with Gasteiger partial charge in [0.2, 0.25) is 0 Å².